The van der Waals surface area contributed by atoms with Crippen LogP contribution in [0.3, 0.4) is 0 Å². The molecular weight excluding hydrogens is 278 g/mol. The van der Waals surface area contributed by atoms with Crippen LogP contribution in [0.1, 0.15) is 41.1 Å². The predicted octanol–water partition coefficient (Wildman–Crippen LogP) is 2.84. The van der Waals surface area contributed by atoms with Gasteiger partial charge in [0.1, 0.15) is 5.00 Å². The molecule has 20 heavy (non-hydrogen) atoms. The number of aliphatic carboxylic acids is 1. The van der Waals surface area contributed by atoms with E-state index in [4.69, 9.17) is 9.84 Å². The molecular formula is C14H21NO4S. The van der Waals surface area contributed by atoms with E-state index in [0.29, 0.717) is 25.3 Å². The van der Waals surface area contributed by atoms with Crippen LogP contribution in [-0.2, 0) is 9.53 Å². The van der Waals surface area contributed by atoms with Crippen LogP contribution in [0.25, 0.3) is 0 Å². The number of esters is 1. The minimum absolute atomic E-state index is 0.0477. The van der Waals surface area contributed by atoms with E-state index < -0.39 is 5.97 Å². The third-order valence-electron chi connectivity index (χ3n) is 3.11. The zero-order chi connectivity index (χ0) is 15.3. The second-order valence-corrected chi connectivity index (χ2v) is 5.61. The third-order valence-corrected chi connectivity index (χ3v) is 4.38. The fourth-order valence-electron chi connectivity index (χ4n) is 1.91. The summed E-state index contributed by atoms with van der Waals surface area (Å²) in [7, 11) is 0. The predicted molar refractivity (Wildman–Crippen MR) is 79.9 cm³/mol. The van der Waals surface area contributed by atoms with Crippen LogP contribution < -0.4 is 4.90 Å². The first-order valence-corrected chi connectivity index (χ1v) is 7.47. The highest BCUT2D eigenvalue weighted by Gasteiger charge is 2.24. The van der Waals surface area contributed by atoms with Crippen molar-refractivity contribution in [3.63, 3.8) is 0 Å². The standard InChI is InChI=1S/C14H21NO4S/c1-5-15(8-7-11(16)17)13-12(14(18)19-6-2)9(3)10(4)20-13/h5-8H2,1-4H3,(H,16,17). The summed E-state index contributed by atoms with van der Waals surface area (Å²) in [5, 5.41) is 9.62. The lowest BCUT2D eigenvalue weighted by molar-refractivity contribution is -0.136. The monoisotopic (exact) mass is 299 g/mol. The summed E-state index contributed by atoms with van der Waals surface area (Å²) in [6, 6.07) is 0. The average molecular weight is 299 g/mol. The number of aryl methyl sites for hydroxylation is 1. The largest absolute Gasteiger partial charge is 0.481 e. The van der Waals surface area contributed by atoms with Gasteiger partial charge in [-0.2, -0.15) is 0 Å². The fourth-order valence-corrected chi connectivity index (χ4v) is 3.14. The summed E-state index contributed by atoms with van der Waals surface area (Å²) < 4.78 is 5.11. The third kappa shape index (κ3) is 3.72. The van der Waals surface area contributed by atoms with Gasteiger partial charge in [0, 0.05) is 18.0 Å². The zero-order valence-electron chi connectivity index (χ0n) is 12.4. The first-order chi connectivity index (χ1) is 9.42. The summed E-state index contributed by atoms with van der Waals surface area (Å²) in [4.78, 5) is 25.8. The van der Waals surface area contributed by atoms with Gasteiger partial charge in [-0.15, -0.1) is 11.3 Å². The summed E-state index contributed by atoms with van der Waals surface area (Å²) >= 11 is 1.51. The molecule has 6 heteroatoms. The van der Waals surface area contributed by atoms with E-state index >= 15 is 0 Å². The van der Waals surface area contributed by atoms with Gasteiger partial charge in [-0.1, -0.05) is 0 Å². The van der Waals surface area contributed by atoms with Gasteiger partial charge in [0.2, 0.25) is 0 Å². The van der Waals surface area contributed by atoms with E-state index in [9.17, 15) is 9.59 Å². The number of hydrogen-bond donors (Lipinski definition) is 1. The highest BCUT2D eigenvalue weighted by molar-refractivity contribution is 7.16. The Bertz CT molecular complexity index is 496. The van der Waals surface area contributed by atoms with Crippen LogP contribution >= 0.6 is 11.3 Å². The van der Waals surface area contributed by atoms with Gasteiger partial charge in [-0.05, 0) is 33.3 Å². The van der Waals surface area contributed by atoms with E-state index in [0.717, 1.165) is 15.4 Å². The molecule has 1 aromatic heterocycles. The fraction of sp³-hybridized carbons (Fsp3) is 0.571. The number of ether oxygens (including phenoxy) is 1. The number of rotatable bonds is 7. The summed E-state index contributed by atoms with van der Waals surface area (Å²) in [5.74, 6) is -1.18. The average Bonchev–Trinajstić information content (AvgIpc) is 2.66. The van der Waals surface area contributed by atoms with Crippen LogP contribution in [0.15, 0.2) is 0 Å². The SMILES string of the molecule is CCOC(=O)c1c(N(CC)CCC(=O)O)sc(C)c1C. The highest BCUT2D eigenvalue weighted by Crippen LogP contribution is 2.36. The maximum absolute atomic E-state index is 12.1. The molecule has 0 saturated carbocycles. The zero-order valence-corrected chi connectivity index (χ0v) is 13.2. The molecule has 0 unspecified atom stereocenters. The first kappa shape index (κ1) is 16.5. The highest BCUT2D eigenvalue weighted by atomic mass is 32.1. The number of thiophene rings is 1. The van der Waals surface area contributed by atoms with Crippen molar-refractivity contribution in [1.29, 1.82) is 0 Å². The number of carbonyl (C=O) groups is 2. The Morgan fingerprint density at radius 1 is 1.30 bits per heavy atom. The molecule has 5 nitrogen and oxygen atoms in total. The Hall–Kier alpha value is -1.56. The lowest BCUT2D eigenvalue weighted by atomic mass is 10.1. The number of nitrogens with zero attached hydrogens (tertiary/aromatic N) is 1. The molecule has 0 fully saturated rings. The van der Waals surface area contributed by atoms with Crippen molar-refractivity contribution < 1.29 is 19.4 Å². The van der Waals surface area contributed by atoms with E-state index in [1.165, 1.54) is 11.3 Å². The summed E-state index contributed by atoms with van der Waals surface area (Å²) in [6.45, 7) is 8.93. The minimum Gasteiger partial charge on any atom is -0.481 e. The van der Waals surface area contributed by atoms with Crippen LogP contribution in [0, 0.1) is 13.8 Å². The van der Waals surface area contributed by atoms with E-state index in [-0.39, 0.29) is 12.4 Å². The van der Waals surface area contributed by atoms with Crippen molar-refractivity contribution in [2.75, 3.05) is 24.6 Å². The summed E-state index contributed by atoms with van der Waals surface area (Å²) in [6.07, 6.45) is 0.0477. The maximum atomic E-state index is 12.1. The van der Waals surface area contributed by atoms with Gasteiger partial charge >= 0.3 is 11.9 Å². The Balaban J connectivity index is 3.11. The molecule has 0 radical (unpaired) electrons. The number of carboxylic acids is 1. The molecule has 1 rings (SSSR count). The van der Waals surface area contributed by atoms with Gasteiger partial charge in [0.25, 0.3) is 0 Å². The normalized spacial score (nSPS) is 10.4. The van der Waals surface area contributed by atoms with Gasteiger partial charge < -0.3 is 14.7 Å². The van der Waals surface area contributed by atoms with Gasteiger partial charge in [0.05, 0.1) is 18.6 Å². The van der Waals surface area contributed by atoms with Gasteiger partial charge in [0.15, 0.2) is 0 Å². The molecule has 0 aliphatic heterocycles. The molecule has 0 atom stereocenters. The van der Waals surface area contributed by atoms with Crippen molar-refractivity contribution in [2.24, 2.45) is 0 Å². The quantitative estimate of drug-likeness (QED) is 0.784. The second-order valence-electron chi connectivity index (χ2n) is 4.41. The molecule has 0 aliphatic carbocycles. The molecule has 1 N–H and O–H groups in total. The Kier molecular flexibility index (Phi) is 6.01. The lowest BCUT2D eigenvalue weighted by Crippen LogP contribution is -2.26. The van der Waals surface area contributed by atoms with Gasteiger partial charge in [-0.3, -0.25) is 4.79 Å². The lowest BCUT2D eigenvalue weighted by Gasteiger charge is -2.21. The molecule has 0 amide bonds. The van der Waals surface area contributed by atoms with Crippen LogP contribution in [0.4, 0.5) is 5.00 Å². The van der Waals surface area contributed by atoms with Gasteiger partial charge in [-0.25, -0.2) is 4.79 Å². The van der Waals surface area contributed by atoms with Crippen molar-refractivity contribution in [1.82, 2.24) is 0 Å². The Morgan fingerprint density at radius 3 is 2.45 bits per heavy atom. The number of carbonyl (C=O) groups excluding carboxylic acids is 1. The Labute approximate surface area is 123 Å². The molecule has 1 aromatic rings. The van der Waals surface area contributed by atoms with Crippen molar-refractivity contribution in [3.05, 3.63) is 16.0 Å². The molecule has 1 heterocycles. The second kappa shape index (κ2) is 7.28. The van der Waals surface area contributed by atoms with E-state index in [1.807, 2.05) is 25.7 Å². The molecule has 0 aliphatic rings. The first-order valence-electron chi connectivity index (χ1n) is 6.66. The molecule has 0 aromatic carbocycles. The van der Waals surface area contributed by atoms with E-state index in [2.05, 4.69) is 0 Å². The molecule has 0 saturated heterocycles. The minimum atomic E-state index is -0.842. The number of hydrogen-bond acceptors (Lipinski definition) is 5. The van der Waals surface area contributed by atoms with Crippen LogP contribution in [0.5, 0.6) is 0 Å². The van der Waals surface area contributed by atoms with Crippen molar-refractivity contribution in [3.8, 4) is 0 Å². The van der Waals surface area contributed by atoms with Crippen LogP contribution in [0.2, 0.25) is 0 Å². The smallest absolute Gasteiger partial charge is 0.341 e. The maximum Gasteiger partial charge on any atom is 0.341 e. The number of carboxylic acid groups (broad SMARTS) is 1. The van der Waals surface area contributed by atoms with Crippen molar-refractivity contribution >= 4 is 28.3 Å². The number of anilines is 1. The summed E-state index contributed by atoms with van der Waals surface area (Å²) in [5.41, 5.74) is 1.49. The molecule has 112 valence electrons. The topological polar surface area (TPSA) is 66.8 Å². The van der Waals surface area contributed by atoms with E-state index in [1.54, 1.807) is 6.92 Å². The molecule has 0 spiro atoms. The Morgan fingerprint density at radius 2 is 1.95 bits per heavy atom. The van der Waals surface area contributed by atoms with Crippen molar-refractivity contribution in [2.45, 2.75) is 34.1 Å². The molecule has 0 bridgehead atoms. The van der Waals surface area contributed by atoms with Crippen LogP contribution in [-0.4, -0.2) is 36.7 Å².